The summed E-state index contributed by atoms with van der Waals surface area (Å²) in [7, 11) is 0. The molecule has 0 aromatic carbocycles. The molecule has 30 heavy (non-hydrogen) atoms. The summed E-state index contributed by atoms with van der Waals surface area (Å²) in [6.45, 7) is 7.52. The monoisotopic (exact) mass is 447 g/mol. The van der Waals surface area contributed by atoms with Gasteiger partial charge in [0.05, 0.1) is 6.04 Å². The molecule has 0 saturated heterocycles. The molecule has 4 atom stereocenters. The maximum atomic E-state index is 12.7. The number of carbonyl (C=O) groups excluding carboxylic acids is 3. The van der Waals surface area contributed by atoms with Crippen LogP contribution in [0.25, 0.3) is 0 Å². The number of unbranched alkanes of at least 4 members (excludes halogenated alkanes) is 1. The third kappa shape index (κ3) is 9.77. The van der Waals surface area contributed by atoms with E-state index in [1.165, 1.54) is 0 Å². The number of nitrogens with two attached hydrogens (primary N) is 2. The topological polar surface area (TPSA) is 177 Å². The second kappa shape index (κ2) is 14.2. The van der Waals surface area contributed by atoms with E-state index in [0.717, 1.165) is 0 Å². The molecular weight excluding hydrogens is 410 g/mol. The van der Waals surface area contributed by atoms with Gasteiger partial charge in [0.1, 0.15) is 18.1 Å². The van der Waals surface area contributed by atoms with Gasteiger partial charge in [-0.05, 0) is 37.6 Å². The van der Waals surface area contributed by atoms with Crippen molar-refractivity contribution < 1.29 is 24.3 Å². The number of hydrogen-bond donors (Lipinski definition) is 7. The Balaban J connectivity index is 5.11. The van der Waals surface area contributed by atoms with Gasteiger partial charge >= 0.3 is 5.97 Å². The Morgan fingerprint density at radius 2 is 1.43 bits per heavy atom. The Morgan fingerprint density at radius 1 is 0.867 bits per heavy atom. The quantitative estimate of drug-likeness (QED) is 0.135. The fourth-order valence-corrected chi connectivity index (χ4v) is 2.82. The standard InChI is InChI=1S/C19H37N5O5S/c1-10(2)14(21)17(26)24-15(11(3)4)18(27)23-13(9-30)16(25)22-12(19(28)29)7-5-6-8-20/h10-15,30H,5-9,20-21H2,1-4H3,(H,22,25)(H,23,27)(H,24,26)(H,28,29)/t12-,13-,14-,15-/m0/s1. The van der Waals surface area contributed by atoms with Crippen LogP contribution in [0.2, 0.25) is 0 Å². The molecule has 10 nitrogen and oxygen atoms in total. The van der Waals surface area contributed by atoms with Gasteiger partial charge in [-0.2, -0.15) is 12.6 Å². The first-order valence-electron chi connectivity index (χ1n) is 10.2. The zero-order valence-corrected chi connectivity index (χ0v) is 19.1. The van der Waals surface area contributed by atoms with E-state index in [4.69, 9.17) is 11.5 Å². The molecule has 8 N–H and O–H groups in total. The lowest BCUT2D eigenvalue weighted by Crippen LogP contribution is -2.59. The molecule has 11 heteroatoms. The third-order valence-electron chi connectivity index (χ3n) is 4.64. The first kappa shape index (κ1) is 28.1. The number of carboxylic acid groups (broad SMARTS) is 1. The van der Waals surface area contributed by atoms with Crippen LogP contribution in [0, 0.1) is 11.8 Å². The summed E-state index contributed by atoms with van der Waals surface area (Å²) in [5.74, 6) is -3.28. The van der Waals surface area contributed by atoms with E-state index in [9.17, 15) is 24.3 Å². The molecule has 0 aliphatic carbocycles. The van der Waals surface area contributed by atoms with E-state index in [2.05, 4.69) is 28.6 Å². The molecule has 0 fully saturated rings. The number of carboxylic acids is 1. The average Bonchev–Trinajstić information content (AvgIpc) is 2.67. The molecule has 0 aliphatic rings. The summed E-state index contributed by atoms with van der Waals surface area (Å²) in [6.07, 6.45) is 1.41. The molecule has 0 bridgehead atoms. The lowest BCUT2D eigenvalue weighted by Gasteiger charge is -2.27. The van der Waals surface area contributed by atoms with Crippen LogP contribution >= 0.6 is 12.6 Å². The summed E-state index contributed by atoms with van der Waals surface area (Å²) < 4.78 is 0. The Bertz CT molecular complexity index is 588. The van der Waals surface area contributed by atoms with Crippen LogP contribution < -0.4 is 27.4 Å². The summed E-state index contributed by atoms with van der Waals surface area (Å²) in [5.41, 5.74) is 11.2. The highest BCUT2D eigenvalue weighted by Gasteiger charge is 2.31. The third-order valence-corrected chi connectivity index (χ3v) is 5.01. The zero-order valence-electron chi connectivity index (χ0n) is 18.2. The van der Waals surface area contributed by atoms with Gasteiger partial charge in [0.2, 0.25) is 17.7 Å². The van der Waals surface area contributed by atoms with Crippen LogP contribution in [0.4, 0.5) is 0 Å². The SMILES string of the molecule is CC(C)[C@H](N)C(=O)N[C@H](C(=O)N[C@@H](CS)C(=O)N[C@@H](CCCCN)C(=O)O)C(C)C. The van der Waals surface area contributed by atoms with E-state index >= 15 is 0 Å². The average molecular weight is 448 g/mol. The van der Waals surface area contributed by atoms with Crippen molar-refractivity contribution in [3.8, 4) is 0 Å². The summed E-state index contributed by atoms with van der Waals surface area (Å²) in [5, 5.41) is 16.9. The molecular formula is C19H37N5O5S. The molecule has 0 unspecified atom stereocenters. The molecule has 0 radical (unpaired) electrons. The lowest BCUT2D eigenvalue weighted by molar-refractivity contribution is -0.142. The number of amides is 3. The second-order valence-corrected chi connectivity index (χ2v) is 8.29. The van der Waals surface area contributed by atoms with Crippen molar-refractivity contribution in [1.82, 2.24) is 16.0 Å². The predicted molar refractivity (Wildman–Crippen MR) is 118 cm³/mol. The molecule has 3 amide bonds. The van der Waals surface area contributed by atoms with Crippen molar-refractivity contribution in [3.63, 3.8) is 0 Å². The van der Waals surface area contributed by atoms with E-state index < -0.39 is 47.9 Å². The Labute approximate surface area is 183 Å². The van der Waals surface area contributed by atoms with E-state index in [0.29, 0.717) is 19.4 Å². The molecule has 174 valence electrons. The lowest BCUT2D eigenvalue weighted by atomic mass is 10.00. The van der Waals surface area contributed by atoms with Crippen molar-refractivity contribution in [1.29, 1.82) is 0 Å². The van der Waals surface area contributed by atoms with Crippen LogP contribution in [0.15, 0.2) is 0 Å². The van der Waals surface area contributed by atoms with Crippen molar-refractivity contribution >= 4 is 36.3 Å². The minimum atomic E-state index is -1.17. The predicted octanol–water partition coefficient (Wildman–Crippen LogP) is -0.776. The molecule has 0 spiro atoms. The number of aliphatic carboxylic acids is 1. The highest BCUT2D eigenvalue weighted by atomic mass is 32.1. The molecule has 0 saturated carbocycles. The van der Waals surface area contributed by atoms with Crippen LogP contribution in [0.1, 0.15) is 47.0 Å². The van der Waals surface area contributed by atoms with Gasteiger partial charge < -0.3 is 32.5 Å². The maximum absolute atomic E-state index is 12.7. The van der Waals surface area contributed by atoms with Crippen LogP contribution in [-0.2, 0) is 19.2 Å². The molecule has 0 heterocycles. The fraction of sp³-hybridized carbons (Fsp3) is 0.789. The highest BCUT2D eigenvalue weighted by Crippen LogP contribution is 2.07. The zero-order chi connectivity index (χ0) is 23.4. The molecule has 0 aromatic rings. The van der Waals surface area contributed by atoms with E-state index in [1.807, 2.05) is 0 Å². The van der Waals surface area contributed by atoms with Gasteiger partial charge in [-0.1, -0.05) is 27.7 Å². The molecule has 0 aromatic heterocycles. The van der Waals surface area contributed by atoms with Crippen molar-refractivity contribution in [2.24, 2.45) is 23.3 Å². The van der Waals surface area contributed by atoms with Gasteiger partial charge in [0.25, 0.3) is 0 Å². The molecule has 0 rings (SSSR count). The number of nitrogens with one attached hydrogen (secondary N) is 3. The largest absolute Gasteiger partial charge is 0.480 e. The maximum Gasteiger partial charge on any atom is 0.326 e. The highest BCUT2D eigenvalue weighted by molar-refractivity contribution is 7.80. The van der Waals surface area contributed by atoms with Gasteiger partial charge in [0, 0.05) is 5.75 Å². The normalized spacial score (nSPS) is 15.2. The number of thiol groups is 1. The first-order valence-corrected chi connectivity index (χ1v) is 10.8. The van der Waals surface area contributed by atoms with E-state index in [1.54, 1.807) is 27.7 Å². The van der Waals surface area contributed by atoms with Crippen molar-refractivity contribution in [2.45, 2.75) is 71.1 Å². The smallest absolute Gasteiger partial charge is 0.326 e. The summed E-state index contributed by atoms with van der Waals surface area (Å²) >= 11 is 4.09. The van der Waals surface area contributed by atoms with Gasteiger partial charge in [0.15, 0.2) is 0 Å². The Morgan fingerprint density at radius 3 is 1.87 bits per heavy atom. The minimum absolute atomic E-state index is 0.0447. The first-order chi connectivity index (χ1) is 14.0. The van der Waals surface area contributed by atoms with Crippen molar-refractivity contribution in [2.75, 3.05) is 12.3 Å². The van der Waals surface area contributed by atoms with Crippen LogP contribution in [0.5, 0.6) is 0 Å². The van der Waals surface area contributed by atoms with Gasteiger partial charge in [-0.15, -0.1) is 0 Å². The Hall–Kier alpha value is -1.85. The van der Waals surface area contributed by atoms with E-state index in [-0.39, 0.29) is 24.0 Å². The van der Waals surface area contributed by atoms with Crippen LogP contribution in [-0.4, -0.2) is 65.3 Å². The number of rotatable bonds is 14. The van der Waals surface area contributed by atoms with Crippen molar-refractivity contribution in [3.05, 3.63) is 0 Å². The number of carbonyl (C=O) groups is 4. The van der Waals surface area contributed by atoms with Gasteiger partial charge in [-0.25, -0.2) is 4.79 Å². The summed E-state index contributed by atoms with van der Waals surface area (Å²) in [6, 6.07) is -3.83. The molecule has 0 aliphatic heterocycles. The fourth-order valence-electron chi connectivity index (χ4n) is 2.57. The minimum Gasteiger partial charge on any atom is -0.480 e. The second-order valence-electron chi connectivity index (χ2n) is 7.93. The van der Waals surface area contributed by atoms with Gasteiger partial charge in [-0.3, -0.25) is 14.4 Å². The van der Waals surface area contributed by atoms with Crippen LogP contribution in [0.3, 0.4) is 0 Å². The number of hydrogen-bond acceptors (Lipinski definition) is 7. The Kier molecular flexibility index (Phi) is 13.3. The summed E-state index contributed by atoms with van der Waals surface area (Å²) in [4.78, 5) is 48.8.